The maximum atomic E-state index is 11.9. The van der Waals surface area contributed by atoms with Gasteiger partial charge in [0.15, 0.2) is 5.16 Å². The van der Waals surface area contributed by atoms with Gasteiger partial charge in [-0.1, -0.05) is 11.8 Å². The maximum Gasteiger partial charge on any atom is 0.224 e. The lowest BCUT2D eigenvalue weighted by molar-refractivity contribution is -0.116. The van der Waals surface area contributed by atoms with Crippen molar-refractivity contribution in [3.05, 3.63) is 30.1 Å². The van der Waals surface area contributed by atoms with Crippen molar-refractivity contribution in [3.63, 3.8) is 0 Å². The molecular formula is C14H19N5OS. The molecule has 0 fully saturated rings. The predicted molar refractivity (Wildman–Crippen MR) is 85.2 cm³/mol. The Labute approximate surface area is 128 Å². The normalized spacial score (nSPS) is 10.6. The van der Waals surface area contributed by atoms with Gasteiger partial charge < -0.3 is 11.1 Å². The topological polar surface area (TPSA) is 85.8 Å². The number of nitrogens with one attached hydrogen (secondary N) is 1. The SMILES string of the molecule is Cc1cc(N)ccc1NC(=O)CCCSc1ncnn1C. The maximum absolute atomic E-state index is 11.9. The first-order chi connectivity index (χ1) is 10.1. The zero-order valence-corrected chi connectivity index (χ0v) is 13.0. The number of anilines is 2. The number of nitrogens with zero attached hydrogens (tertiary/aromatic N) is 3. The van der Waals surface area contributed by atoms with E-state index >= 15 is 0 Å². The van der Waals surface area contributed by atoms with Gasteiger partial charge in [0.05, 0.1) is 0 Å². The summed E-state index contributed by atoms with van der Waals surface area (Å²) >= 11 is 1.60. The molecule has 0 aliphatic carbocycles. The minimum absolute atomic E-state index is 0.0152. The summed E-state index contributed by atoms with van der Waals surface area (Å²) in [7, 11) is 1.85. The van der Waals surface area contributed by atoms with Crippen molar-refractivity contribution in [2.24, 2.45) is 7.05 Å². The Morgan fingerprint density at radius 3 is 2.95 bits per heavy atom. The number of aromatic nitrogens is 3. The summed E-state index contributed by atoms with van der Waals surface area (Å²) < 4.78 is 1.72. The van der Waals surface area contributed by atoms with Crippen molar-refractivity contribution in [2.45, 2.75) is 24.9 Å². The van der Waals surface area contributed by atoms with Gasteiger partial charge in [-0.05, 0) is 37.1 Å². The number of carbonyl (C=O) groups is 1. The molecule has 0 unspecified atom stereocenters. The van der Waals surface area contributed by atoms with E-state index in [1.165, 1.54) is 6.33 Å². The fraction of sp³-hybridized carbons (Fsp3) is 0.357. The number of aryl methyl sites for hydroxylation is 2. The van der Waals surface area contributed by atoms with Crippen molar-refractivity contribution in [3.8, 4) is 0 Å². The summed E-state index contributed by atoms with van der Waals surface area (Å²) in [4.78, 5) is 16.0. The van der Waals surface area contributed by atoms with Crippen LogP contribution in [0.25, 0.3) is 0 Å². The second-order valence-corrected chi connectivity index (χ2v) is 5.80. The Hall–Kier alpha value is -2.02. The van der Waals surface area contributed by atoms with Crippen LogP contribution in [0.1, 0.15) is 18.4 Å². The van der Waals surface area contributed by atoms with E-state index in [1.54, 1.807) is 22.5 Å². The summed E-state index contributed by atoms with van der Waals surface area (Å²) in [5.74, 6) is 0.849. The molecule has 2 aromatic rings. The van der Waals surface area contributed by atoms with E-state index in [9.17, 15) is 4.79 Å². The molecule has 1 aromatic carbocycles. The molecule has 3 N–H and O–H groups in total. The molecule has 0 radical (unpaired) electrons. The molecule has 0 saturated heterocycles. The van der Waals surface area contributed by atoms with E-state index in [2.05, 4.69) is 15.4 Å². The van der Waals surface area contributed by atoms with E-state index in [-0.39, 0.29) is 5.91 Å². The van der Waals surface area contributed by atoms with Crippen molar-refractivity contribution < 1.29 is 4.79 Å². The molecule has 0 aliphatic heterocycles. The average Bonchev–Trinajstić information content (AvgIpc) is 2.84. The predicted octanol–water partition coefficient (Wildman–Crippen LogP) is 2.22. The summed E-state index contributed by atoms with van der Waals surface area (Å²) in [5.41, 5.74) is 8.17. The highest BCUT2D eigenvalue weighted by molar-refractivity contribution is 7.99. The van der Waals surface area contributed by atoms with Crippen molar-refractivity contribution in [2.75, 3.05) is 16.8 Å². The molecule has 0 bridgehead atoms. The first-order valence-corrected chi connectivity index (χ1v) is 7.67. The van der Waals surface area contributed by atoms with Gasteiger partial charge in [-0.25, -0.2) is 9.67 Å². The van der Waals surface area contributed by atoms with Crippen molar-refractivity contribution >= 4 is 29.0 Å². The first kappa shape index (κ1) is 15.4. The van der Waals surface area contributed by atoms with Crippen LogP contribution in [0.15, 0.2) is 29.7 Å². The fourth-order valence-electron chi connectivity index (χ4n) is 1.85. The van der Waals surface area contributed by atoms with Crippen LogP contribution in [0.2, 0.25) is 0 Å². The highest BCUT2D eigenvalue weighted by atomic mass is 32.2. The van der Waals surface area contributed by atoms with Gasteiger partial charge in [-0.3, -0.25) is 4.79 Å². The summed E-state index contributed by atoms with van der Waals surface area (Å²) in [6.45, 7) is 1.93. The number of nitrogens with two attached hydrogens (primary N) is 1. The minimum atomic E-state index is 0.0152. The van der Waals surface area contributed by atoms with Crippen LogP contribution in [0.4, 0.5) is 11.4 Å². The Bertz CT molecular complexity index is 626. The van der Waals surface area contributed by atoms with Gasteiger partial charge in [0.2, 0.25) is 5.91 Å². The summed E-state index contributed by atoms with van der Waals surface area (Å²) in [5, 5.41) is 7.77. The van der Waals surface area contributed by atoms with E-state index < -0.39 is 0 Å². The van der Waals surface area contributed by atoms with E-state index in [4.69, 9.17) is 5.73 Å². The monoisotopic (exact) mass is 305 g/mol. The number of hydrogen-bond acceptors (Lipinski definition) is 5. The van der Waals surface area contributed by atoms with Crippen LogP contribution in [-0.2, 0) is 11.8 Å². The van der Waals surface area contributed by atoms with Crippen LogP contribution >= 0.6 is 11.8 Å². The molecule has 0 atom stereocenters. The van der Waals surface area contributed by atoms with Gasteiger partial charge >= 0.3 is 0 Å². The van der Waals surface area contributed by atoms with Crippen LogP contribution < -0.4 is 11.1 Å². The molecule has 0 aliphatic rings. The first-order valence-electron chi connectivity index (χ1n) is 6.69. The van der Waals surface area contributed by atoms with Crippen LogP contribution in [0.3, 0.4) is 0 Å². The Morgan fingerprint density at radius 2 is 2.29 bits per heavy atom. The van der Waals surface area contributed by atoms with Gasteiger partial charge in [-0.15, -0.1) is 0 Å². The Kier molecular flexibility index (Phi) is 5.21. The summed E-state index contributed by atoms with van der Waals surface area (Å²) in [6, 6.07) is 5.46. The number of benzene rings is 1. The number of carbonyl (C=O) groups excluding carboxylic acids is 1. The third kappa shape index (κ3) is 4.49. The van der Waals surface area contributed by atoms with E-state index in [0.717, 1.165) is 28.6 Å². The summed E-state index contributed by atoms with van der Waals surface area (Å²) in [6.07, 6.45) is 2.80. The minimum Gasteiger partial charge on any atom is -0.399 e. The smallest absolute Gasteiger partial charge is 0.224 e. The van der Waals surface area contributed by atoms with E-state index in [0.29, 0.717) is 12.1 Å². The Morgan fingerprint density at radius 1 is 1.48 bits per heavy atom. The molecule has 7 heteroatoms. The molecule has 2 rings (SSSR count). The van der Waals surface area contributed by atoms with Crippen LogP contribution in [-0.4, -0.2) is 26.4 Å². The molecule has 1 heterocycles. The van der Waals surface area contributed by atoms with Gasteiger partial charge in [0, 0.05) is 30.6 Å². The number of thioether (sulfide) groups is 1. The molecule has 6 nitrogen and oxygen atoms in total. The molecule has 0 spiro atoms. The second-order valence-electron chi connectivity index (χ2n) is 4.74. The van der Waals surface area contributed by atoms with Crippen molar-refractivity contribution in [1.82, 2.24) is 14.8 Å². The highest BCUT2D eigenvalue weighted by Gasteiger charge is 2.06. The number of rotatable bonds is 6. The lowest BCUT2D eigenvalue weighted by Gasteiger charge is -2.08. The largest absolute Gasteiger partial charge is 0.399 e. The molecule has 1 aromatic heterocycles. The lowest BCUT2D eigenvalue weighted by atomic mass is 10.1. The Balaban J connectivity index is 1.73. The zero-order chi connectivity index (χ0) is 15.2. The third-order valence-electron chi connectivity index (χ3n) is 2.97. The lowest BCUT2D eigenvalue weighted by Crippen LogP contribution is -2.12. The standard InChI is InChI=1S/C14H19N5OS/c1-10-8-11(15)5-6-12(10)18-13(20)4-3-7-21-14-16-9-17-19(14)2/h5-6,8-9H,3-4,7,15H2,1-2H3,(H,18,20). The second kappa shape index (κ2) is 7.12. The van der Waals surface area contributed by atoms with Gasteiger partial charge in [0.25, 0.3) is 0 Å². The number of hydrogen-bond donors (Lipinski definition) is 2. The van der Waals surface area contributed by atoms with Gasteiger partial charge in [-0.2, -0.15) is 5.10 Å². The average molecular weight is 305 g/mol. The van der Waals surface area contributed by atoms with Crippen LogP contribution in [0.5, 0.6) is 0 Å². The van der Waals surface area contributed by atoms with Gasteiger partial charge in [0.1, 0.15) is 6.33 Å². The number of amides is 1. The molecular weight excluding hydrogens is 286 g/mol. The van der Waals surface area contributed by atoms with Crippen molar-refractivity contribution in [1.29, 1.82) is 0 Å². The molecule has 1 amide bonds. The molecule has 112 valence electrons. The third-order valence-corrected chi connectivity index (χ3v) is 4.09. The number of nitrogen functional groups attached to an aromatic ring is 1. The fourth-order valence-corrected chi connectivity index (χ4v) is 2.68. The van der Waals surface area contributed by atoms with Crippen LogP contribution in [0, 0.1) is 6.92 Å². The quantitative estimate of drug-likeness (QED) is 0.485. The molecule has 0 saturated carbocycles. The van der Waals surface area contributed by atoms with E-state index in [1.807, 2.05) is 26.1 Å². The highest BCUT2D eigenvalue weighted by Crippen LogP contribution is 2.19. The molecule has 21 heavy (non-hydrogen) atoms. The zero-order valence-electron chi connectivity index (χ0n) is 12.2.